The first-order valence-corrected chi connectivity index (χ1v) is 25.2. The summed E-state index contributed by atoms with van der Waals surface area (Å²) in [6, 6.07) is 5.75. The van der Waals surface area contributed by atoms with Crippen molar-refractivity contribution in [3.63, 3.8) is 0 Å². The molecule has 6 amide bonds. The summed E-state index contributed by atoms with van der Waals surface area (Å²) < 4.78 is 44.1. The molecular formula is C50H83N5O14. The third-order valence-corrected chi connectivity index (χ3v) is 11.8. The Morgan fingerprint density at radius 2 is 1.04 bits per heavy atom. The molecule has 2 aliphatic rings. The van der Waals surface area contributed by atoms with Crippen LogP contribution in [0.25, 0.3) is 0 Å². The summed E-state index contributed by atoms with van der Waals surface area (Å²) in [7, 11) is 0. The summed E-state index contributed by atoms with van der Waals surface area (Å²) in [5.41, 5.74) is 1.70. The Hall–Kier alpha value is -4.08. The maximum absolute atomic E-state index is 13.1. The summed E-state index contributed by atoms with van der Waals surface area (Å²) in [5, 5.41) is 11.0. The van der Waals surface area contributed by atoms with Crippen molar-refractivity contribution in [1.29, 1.82) is 0 Å². The molecule has 0 bridgehead atoms. The van der Waals surface area contributed by atoms with Crippen LogP contribution in [0, 0.1) is 24.7 Å². The van der Waals surface area contributed by atoms with E-state index in [1.165, 1.54) is 30.6 Å². The molecule has 19 nitrogen and oxygen atoms in total. The largest absolute Gasteiger partial charge is 0.379 e. The molecule has 1 aromatic rings. The Morgan fingerprint density at radius 3 is 1.54 bits per heavy atom. The van der Waals surface area contributed by atoms with E-state index in [-0.39, 0.29) is 79.7 Å². The number of anilines is 1. The number of imide groups is 1. The molecule has 69 heavy (non-hydrogen) atoms. The van der Waals surface area contributed by atoms with Gasteiger partial charge in [-0.05, 0) is 50.7 Å². The maximum Gasteiger partial charge on any atom is 0.246 e. The van der Waals surface area contributed by atoms with Crippen LogP contribution in [0.15, 0.2) is 24.3 Å². The van der Waals surface area contributed by atoms with Crippen molar-refractivity contribution >= 4 is 41.1 Å². The van der Waals surface area contributed by atoms with E-state index in [1.807, 2.05) is 32.9 Å². The van der Waals surface area contributed by atoms with Crippen LogP contribution in [-0.4, -0.2) is 171 Å². The number of hydrogen-bond donors (Lipinski definition) is 4. The summed E-state index contributed by atoms with van der Waals surface area (Å²) in [5.74, 6) is -1.73. The van der Waals surface area contributed by atoms with Gasteiger partial charge in [0.15, 0.2) is 0 Å². The number of nitrogens with zero attached hydrogens (tertiary/aromatic N) is 1. The normalized spacial score (nSPS) is 16.7. The van der Waals surface area contributed by atoms with Crippen LogP contribution in [0.4, 0.5) is 5.69 Å². The van der Waals surface area contributed by atoms with Gasteiger partial charge in [-0.3, -0.25) is 33.7 Å². The zero-order valence-corrected chi connectivity index (χ0v) is 41.9. The van der Waals surface area contributed by atoms with E-state index in [9.17, 15) is 28.8 Å². The van der Waals surface area contributed by atoms with Gasteiger partial charge in [0, 0.05) is 38.0 Å². The lowest BCUT2D eigenvalue weighted by Gasteiger charge is -2.24. The molecule has 3 rings (SSSR count). The van der Waals surface area contributed by atoms with Gasteiger partial charge in [-0.1, -0.05) is 70.1 Å². The molecule has 1 aromatic carbocycles. The Labute approximate surface area is 409 Å². The summed E-state index contributed by atoms with van der Waals surface area (Å²) in [6.45, 7) is 13.8. The van der Waals surface area contributed by atoms with Crippen molar-refractivity contribution in [3.05, 3.63) is 29.8 Å². The molecule has 1 saturated heterocycles. The highest BCUT2D eigenvalue weighted by Crippen LogP contribution is 2.35. The first-order chi connectivity index (χ1) is 33.5. The second-order valence-electron chi connectivity index (χ2n) is 17.8. The second-order valence-corrected chi connectivity index (χ2v) is 17.8. The zero-order chi connectivity index (χ0) is 49.9. The number of ether oxygens (including phenoxy) is 8. The third-order valence-electron chi connectivity index (χ3n) is 11.8. The molecule has 1 saturated carbocycles. The smallest absolute Gasteiger partial charge is 0.246 e. The van der Waals surface area contributed by atoms with Gasteiger partial charge < -0.3 is 59.2 Å². The van der Waals surface area contributed by atoms with Crippen LogP contribution in [0.2, 0.25) is 0 Å². The standard InChI is InChI=1S/C50H83N5O14/c1-38(2)47(49(60)52-40(4)48(59)53-42-15-13-39(3)14-16-42)54-45(57)18-21-62-23-25-64-27-29-66-31-33-68-35-36-69-34-32-67-30-28-65-26-24-63-22-19-51-44(56)17-20-55-46(58)37-43(50(55)61)41-11-9-7-5-6-8-10-12-41/h13-16,38,40-41,43,47H,5-12,17-37H2,1-4H3,(H,51,56)(H,52,60)(H,53,59)(H,54,57)/t40-,43?,47-/m0/s1. The van der Waals surface area contributed by atoms with E-state index >= 15 is 0 Å². The molecule has 392 valence electrons. The average Bonchev–Trinajstić information content (AvgIpc) is 3.68. The summed E-state index contributed by atoms with van der Waals surface area (Å²) in [6.07, 6.45) is 9.60. The van der Waals surface area contributed by atoms with E-state index in [1.54, 1.807) is 19.1 Å². The lowest BCUT2D eigenvalue weighted by Crippen LogP contribution is -2.53. The number of amides is 6. The number of aryl methyl sites for hydroxylation is 1. The van der Waals surface area contributed by atoms with Crippen molar-refractivity contribution in [2.45, 2.75) is 110 Å². The molecule has 1 aliphatic carbocycles. The van der Waals surface area contributed by atoms with Gasteiger partial charge in [0.2, 0.25) is 35.4 Å². The fraction of sp³-hybridized carbons (Fsp3) is 0.760. The Morgan fingerprint density at radius 1 is 0.580 bits per heavy atom. The van der Waals surface area contributed by atoms with Crippen LogP contribution in [0.5, 0.6) is 0 Å². The number of rotatable bonds is 37. The van der Waals surface area contributed by atoms with Crippen molar-refractivity contribution in [1.82, 2.24) is 20.9 Å². The molecule has 2 fully saturated rings. The molecule has 19 heteroatoms. The topological polar surface area (TPSA) is 228 Å². The maximum atomic E-state index is 13.1. The van der Waals surface area contributed by atoms with Gasteiger partial charge in [0.25, 0.3) is 0 Å². The van der Waals surface area contributed by atoms with E-state index in [0.717, 1.165) is 31.2 Å². The highest BCUT2D eigenvalue weighted by atomic mass is 16.6. The molecular weight excluding hydrogens is 895 g/mol. The number of carbonyl (C=O) groups excluding carboxylic acids is 6. The lowest BCUT2D eigenvalue weighted by molar-refractivity contribution is -0.140. The van der Waals surface area contributed by atoms with Gasteiger partial charge in [-0.15, -0.1) is 0 Å². The van der Waals surface area contributed by atoms with E-state index in [2.05, 4.69) is 21.3 Å². The first kappa shape index (κ1) is 59.2. The van der Waals surface area contributed by atoms with Crippen LogP contribution in [-0.2, 0) is 66.7 Å². The Kier molecular flexibility index (Phi) is 31.6. The lowest BCUT2D eigenvalue weighted by atomic mass is 9.83. The predicted molar refractivity (Wildman–Crippen MR) is 258 cm³/mol. The quantitative estimate of drug-likeness (QED) is 0.0551. The van der Waals surface area contributed by atoms with Gasteiger partial charge >= 0.3 is 0 Å². The SMILES string of the molecule is Cc1ccc(NC(=O)[C@H](C)NC(=O)[C@@H](NC(=O)CCOCCOCCOCCOCCOCCOCCOCCOCCNC(=O)CCN2C(=O)CC(C3CCCCCCCC3)C2=O)C(C)C)cc1. The molecule has 4 N–H and O–H groups in total. The van der Waals surface area contributed by atoms with Gasteiger partial charge in [0.05, 0.1) is 112 Å². The number of benzene rings is 1. The molecule has 1 unspecified atom stereocenters. The number of nitrogens with one attached hydrogen (secondary N) is 4. The second kappa shape index (κ2) is 36.8. The molecule has 3 atom stereocenters. The van der Waals surface area contributed by atoms with E-state index in [0.29, 0.717) is 111 Å². The molecule has 0 spiro atoms. The average molecular weight is 978 g/mol. The predicted octanol–water partition coefficient (Wildman–Crippen LogP) is 3.73. The zero-order valence-electron chi connectivity index (χ0n) is 41.9. The van der Waals surface area contributed by atoms with E-state index < -0.39 is 18.0 Å². The van der Waals surface area contributed by atoms with Gasteiger partial charge in [-0.2, -0.15) is 0 Å². The molecule has 1 aliphatic heterocycles. The Bertz CT molecular complexity index is 1610. The summed E-state index contributed by atoms with van der Waals surface area (Å²) in [4.78, 5) is 77.3. The Balaban J connectivity index is 1.01. The number of carbonyl (C=O) groups is 6. The van der Waals surface area contributed by atoms with Crippen molar-refractivity contribution in [2.75, 3.05) is 124 Å². The van der Waals surface area contributed by atoms with Crippen molar-refractivity contribution in [2.24, 2.45) is 17.8 Å². The third kappa shape index (κ3) is 26.6. The van der Waals surface area contributed by atoms with Crippen LogP contribution in [0.3, 0.4) is 0 Å². The fourth-order valence-corrected chi connectivity index (χ4v) is 7.79. The van der Waals surface area contributed by atoms with Crippen LogP contribution < -0.4 is 21.3 Å². The van der Waals surface area contributed by atoms with Crippen molar-refractivity contribution in [3.8, 4) is 0 Å². The van der Waals surface area contributed by atoms with Crippen molar-refractivity contribution < 1.29 is 66.7 Å². The van der Waals surface area contributed by atoms with Gasteiger partial charge in [0.1, 0.15) is 12.1 Å². The first-order valence-electron chi connectivity index (χ1n) is 25.2. The highest BCUT2D eigenvalue weighted by molar-refractivity contribution is 6.04. The minimum absolute atomic E-state index is 0.0723. The van der Waals surface area contributed by atoms with E-state index in [4.69, 9.17) is 37.9 Å². The molecule has 1 heterocycles. The fourth-order valence-electron chi connectivity index (χ4n) is 7.79. The van der Waals surface area contributed by atoms with Gasteiger partial charge in [-0.25, -0.2) is 0 Å². The number of hydrogen-bond acceptors (Lipinski definition) is 14. The van der Waals surface area contributed by atoms with Crippen LogP contribution in [0.1, 0.15) is 97.0 Å². The molecule has 0 radical (unpaired) electrons. The monoisotopic (exact) mass is 978 g/mol. The highest BCUT2D eigenvalue weighted by Gasteiger charge is 2.42. The molecule has 0 aromatic heterocycles. The minimum Gasteiger partial charge on any atom is -0.379 e. The minimum atomic E-state index is -0.803. The summed E-state index contributed by atoms with van der Waals surface area (Å²) >= 11 is 0. The number of likely N-dealkylation sites (tertiary alicyclic amines) is 1. The van der Waals surface area contributed by atoms with Crippen LogP contribution >= 0.6 is 0 Å².